The third-order valence-electron chi connectivity index (χ3n) is 3.89. The Kier molecular flexibility index (Phi) is 2.79. The van der Waals surface area contributed by atoms with Gasteiger partial charge >= 0.3 is 0 Å². The summed E-state index contributed by atoms with van der Waals surface area (Å²) >= 11 is 0. The number of imidazole rings is 1. The summed E-state index contributed by atoms with van der Waals surface area (Å²) in [5.74, 6) is 0.984. The molecule has 1 aromatic carbocycles. The predicted molar refractivity (Wildman–Crippen MR) is 72.7 cm³/mol. The van der Waals surface area contributed by atoms with Crippen molar-refractivity contribution >= 4 is 11.0 Å². The summed E-state index contributed by atoms with van der Waals surface area (Å²) in [6.07, 6.45) is 2.08. The minimum atomic E-state index is -0.290. The third kappa shape index (κ3) is 1.82. The van der Waals surface area contributed by atoms with Gasteiger partial charge in [0.05, 0.1) is 22.7 Å². The average Bonchev–Trinajstić information content (AvgIpc) is 3.02. The second-order valence-electron chi connectivity index (χ2n) is 5.18. The number of benzene rings is 1. The van der Waals surface area contributed by atoms with Gasteiger partial charge in [-0.25, -0.2) is 4.98 Å². The number of fused-ring (bicyclic) bond motifs is 1. The molecule has 3 rings (SSSR count). The normalized spacial score (nSPS) is 22.8. The Morgan fingerprint density at radius 2 is 2.37 bits per heavy atom. The zero-order valence-electron chi connectivity index (χ0n) is 11.3. The molecule has 1 aliphatic heterocycles. The van der Waals surface area contributed by atoms with Gasteiger partial charge in [0, 0.05) is 13.2 Å². The molecule has 4 nitrogen and oxygen atoms in total. The summed E-state index contributed by atoms with van der Waals surface area (Å²) in [4.78, 5) is 4.73. The SMILES string of the molecule is CCn1c(C2(C)CCCO2)nc2cc(C#N)ccc21. The van der Waals surface area contributed by atoms with E-state index in [4.69, 9.17) is 15.0 Å². The first-order valence-electron chi connectivity index (χ1n) is 6.73. The van der Waals surface area contributed by atoms with Crippen LogP contribution in [0.3, 0.4) is 0 Å². The lowest BCUT2D eigenvalue weighted by molar-refractivity contribution is 0.00703. The average molecular weight is 255 g/mol. The number of hydrogen-bond acceptors (Lipinski definition) is 3. The Morgan fingerprint density at radius 1 is 1.53 bits per heavy atom. The summed E-state index contributed by atoms with van der Waals surface area (Å²) in [6.45, 7) is 5.88. The molecule has 19 heavy (non-hydrogen) atoms. The van der Waals surface area contributed by atoms with Gasteiger partial charge in [0.1, 0.15) is 11.4 Å². The lowest BCUT2D eigenvalue weighted by Crippen LogP contribution is -2.25. The van der Waals surface area contributed by atoms with E-state index in [0.29, 0.717) is 5.56 Å². The van der Waals surface area contributed by atoms with E-state index in [2.05, 4.69) is 24.5 Å². The molecule has 1 aromatic heterocycles. The summed E-state index contributed by atoms with van der Waals surface area (Å²) < 4.78 is 8.10. The smallest absolute Gasteiger partial charge is 0.141 e. The molecule has 0 amide bonds. The minimum Gasteiger partial charge on any atom is -0.367 e. The first-order chi connectivity index (χ1) is 9.18. The number of hydrogen-bond donors (Lipinski definition) is 0. The van der Waals surface area contributed by atoms with Crippen molar-refractivity contribution in [3.05, 3.63) is 29.6 Å². The van der Waals surface area contributed by atoms with Gasteiger partial charge in [0.15, 0.2) is 0 Å². The van der Waals surface area contributed by atoms with E-state index in [0.717, 1.165) is 42.9 Å². The number of aromatic nitrogens is 2. The van der Waals surface area contributed by atoms with Gasteiger partial charge in [-0.15, -0.1) is 0 Å². The summed E-state index contributed by atoms with van der Waals surface area (Å²) in [5.41, 5.74) is 2.32. The van der Waals surface area contributed by atoms with Crippen molar-refractivity contribution in [1.29, 1.82) is 5.26 Å². The maximum absolute atomic E-state index is 8.98. The molecule has 0 spiro atoms. The van der Waals surface area contributed by atoms with Gasteiger partial charge in [-0.1, -0.05) is 0 Å². The largest absolute Gasteiger partial charge is 0.367 e. The fourth-order valence-corrected chi connectivity index (χ4v) is 2.88. The quantitative estimate of drug-likeness (QED) is 0.829. The molecule has 1 unspecified atom stereocenters. The van der Waals surface area contributed by atoms with Crippen LogP contribution in [0.1, 0.15) is 38.1 Å². The van der Waals surface area contributed by atoms with Gasteiger partial charge in [-0.2, -0.15) is 5.26 Å². The molecule has 1 aliphatic rings. The highest BCUT2D eigenvalue weighted by molar-refractivity contribution is 5.78. The van der Waals surface area contributed by atoms with Crippen LogP contribution in [-0.4, -0.2) is 16.2 Å². The van der Waals surface area contributed by atoms with Crippen LogP contribution >= 0.6 is 0 Å². The lowest BCUT2D eigenvalue weighted by atomic mass is 10.0. The molecule has 0 N–H and O–H groups in total. The summed E-state index contributed by atoms with van der Waals surface area (Å²) in [7, 11) is 0. The minimum absolute atomic E-state index is 0.290. The van der Waals surface area contributed by atoms with Crippen molar-refractivity contribution < 1.29 is 4.74 Å². The van der Waals surface area contributed by atoms with Crippen LogP contribution in [-0.2, 0) is 16.9 Å². The van der Waals surface area contributed by atoms with Gasteiger partial charge < -0.3 is 9.30 Å². The standard InChI is InChI=1S/C15H17N3O/c1-3-18-13-6-5-11(10-16)9-12(13)17-14(18)15(2)7-4-8-19-15/h5-6,9H,3-4,7-8H2,1-2H3. The molecule has 2 heterocycles. The van der Waals surface area contributed by atoms with E-state index < -0.39 is 0 Å². The van der Waals surface area contributed by atoms with Crippen LogP contribution < -0.4 is 0 Å². The molecule has 1 fully saturated rings. The maximum atomic E-state index is 8.98. The fraction of sp³-hybridized carbons (Fsp3) is 0.467. The second kappa shape index (κ2) is 4.36. The van der Waals surface area contributed by atoms with Gasteiger partial charge in [-0.05, 0) is 44.9 Å². The highest BCUT2D eigenvalue weighted by Crippen LogP contribution is 2.36. The molecule has 0 aliphatic carbocycles. The Balaban J connectivity index is 2.22. The molecular formula is C15H17N3O. The molecule has 1 saturated heterocycles. The van der Waals surface area contributed by atoms with E-state index >= 15 is 0 Å². The van der Waals surface area contributed by atoms with Crippen molar-refractivity contribution in [3.63, 3.8) is 0 Å². The number of nitrogens with zero attached hydrogens (tertiary/aromatic N) is 3. The fourth-order valence-electron chi connectivity index (χ4n) is 2.88. The zero-order chi connectivity index (χ0) is 13.5. The van der Waals surface area contributed by atoms with Crippen LogP contribution in [0.4, 0.5) is 0 Å². The van der Waals surface area contributed by atoms with E-state index in [1.807, 2.05) is 18.2 Å². The Morgan fingerprint density at radius 3 is 3.00 bits per heavy atom. The number of aryl methyl sites for hydroxylation is 1. The first-order valence-corrected chi connectivity index (χ1v) is 6.73. The molecular weight excluding hydrogens is 238 g/mol. The second-order valence-corrected chi connectivity index (χ2v) is 5.18. The highest BCUT2D eigenvalue weighted by Gasteiger charge is 2.36. The van der Waals surface area contributed by atoms with Crippen LogP contribution in [0, 0.1) is 11.3 Å². The summed E-state index contributed by atoms with van der Waals surface area (Å²) in [5, 5.41) is 8.98. The topological polar surface area (TPSA) is 50.8 Å². The van der Waals surface area contributed by atoms with E-state index in [1.165, 1.54) is 0 Å². The Hall–Kier alpha value is -1.86. The molecule has 98 valence electrons. The van der Waals surface area contributed by atoms with Crippen molar-refractivity contribution in [3.8, 4) is 6.07 Å². The van der Waals surface area contributed by atoms with Crippen LogP contribution in [0.2, 0.25) is 0 Å². The number of ether oxygens (including phenoxy) is 1. The van der Waals surface area contributed by atoms with Gasteiger partial charge in [0.25, 0.3) is 0 Å². The maximum Gasteiger partial charge on any atom is 0.141 e. The van der Waals surface area contributed by atoms with Crippen molar-refractivity contribution in [1.82, 2.24) is 9.55 Å². The van der Waals surface area contributed by atoms with Crippen molar-refractivity contribution in [2.24, 2.45) is 0 Å². The van der Waals surface area contributed by atoms with Crippen LogP contribution in [0.25, 0.3) is 11.0 Å². The van der Waals surface area contributed by atoms with Gasteiger partial charge in [-0.3, -0.25) is 0 Å². The molecule has 4 heteroatoms. The molecule has 2 aromatic rings. The van der Waals surface area contributed by atoms with Crippen molar-refractivity contribution in [2.75, 3.05) is 6.61 Å². The lowest BCUT2D eigenvalue weighted by Gasteiger charge is -2.23. The molecule has 0 saturated carbocycles. The van der Waals surface area contributed by atoms with Gasteiger partial charge in [0.2, 0.25) is 0 Å². The Labute approximate surface area is 112 Å². The molecule has 1 atom stereocenters. The van der Waals surface area contributed by atoms with E-state index in [1.54, 1.807) is 0 Å². The highest BCUT2D eigenvalue weighted by atomic mass is 16.5. The van der Waals surface area contributed by atoms with E-state index in [9.17, 15) is 0 Å². The monoisotopic (exact) mass is 255 g/mol. The summed E-state index contributed by atoms with van der Waals surface area (Å²) in [6, 6.07) is 7.84. The number of rotatable bonds is 2. The zero-order valence-corrected chi connectivity index (χ0v) is 11.3. The number of nitriles is 1. The van der Waals surface area contributed by atoms with Crippen molar-refractivity contribution in [2.45, 2.75) is 38.8 Å². The van der Waals surface area contributed by atoms with Crippen LogP contribution in [0.15, 0.2) is 18.2 Å². The molecule has 0 bridgehead atoms. The predicted octanol–water partition coefficient (Wildman–Crippen LogP) is 2.95. The Bertz CT molecular complexity index is 660. The molecule has 0 radical (unpaired) electrons. The first kappa shape index (κ1) is 12.2. The van der Waals surface area contributed by atoms with Crippen LogP contribution in [0.5, 0.6) is 0 Å². The van der Waals surface area contributed by atoms with E-state index in [-0.39, 0.29) is 5.60 Å². The third-order valence-corrected chi connectivity index (χ3v) is 3.89.